The summed E-state index contributed by atoms with van der Waals surface area (Å²) in [6.07, 6.45) is 0. The number of Topliss-reactive ketones (excluding diaryl/α,β-unsaturated/α-hetero) is 1. The number of hydrogen-bond acceptors (Lipinski definition) is 4. The third-order valence-electron chi connectivity index (χ3n) is 4.39. The summed E-state index contributed by atoms with van der Waals surface area (Å²) in [6.45, 7) is 6.09. The number of aromatic amines is 1. The van der Waals surface area contributed by atoms with Crippen molar-refractivity contribution in [1.29, 1.82) is 0 Å². The van der Waals surface area contributed by atoms with Crippen LogP contribution in [-0.4, -0.2) is 41.8 Å². The molecule has 128 valence electrons. The second-order valence-electron chi connectivity index (χ2n) is 6.06. The van der Waals surface area contributed by atoms with Crippen molar-refractivity contribution in [3.63, 3.8) is 0 Å². The molecule has 0 radical (unpaired) electrons. The van der Waals surface area contributed by atoms with Gasteiger partial charge in [-0.1, -0.05) is 30.3 Å². The van der Waals surface area contributed by atoms with Gasteiger partial charge >= 0.3 is 5.97 Å². The molecule has 1 heterocycles. The maximum Gasteiger partial charge on any atom is 0.339 e. The molecule has 5 nitrogen and oxygen atoms in total. The van der Waals surface area contributed by atoms with E-state index in [0.717, 1.165) is 5.56 Å². The number of rotatable bonds is 6. The van der Waals surface area contributed by atoms with Crippen molar-refractivity contribution in [3.05, 3.63) is 58.4 Å². The molecule has 1 aromatic heterocycles. The van der Waals surface area contributed by atoms with E-state index < -0.39 is 5.97 Å². The lowest BCUT2D eigenvalue weighted by Crippen LogP contribution is -2.36. The van der Waals surface area contributed by atoms with Crippen LogP contribution in [0.5, 0.6) is 0 Å². The van der Waals surface area contributed by atoms with Crippen molar-refractivity contribution in [1.82, 2.24) is 9.88 Å². The van der Waals surface area contributed by atoms with E-state index in [1.54, 1.807) is 13.8 Å². The topological polar surface area (TPSA) is 62.4 Å². The number of nitrogens with one attached hydrogen (secondary N) is 1. The van der Waals surface area contributed by atoms with E-state index in [9.17, 15) is 9.59 Å². The lowest BCUT2D eigenvalue weighted by atomic mass is 10.0. The van der Waals surface area contributed by atoms with Crippen molar-refractivity contribution < 1.29 is 14.3 Å². The number of likely N-dealkylation sites (N-methyl/N-ethyl adjacent to an activating group) is 1. The molecule has 0 saturated heterocycles. The Balaban J connectivity index is 2.20. The largest absolute Gasteiger partial charge is 0.465 e. The molecule has 0 aliphatic heterocycles. The fourth-order valence-electron chi connectivity index (χ4n) is 2.82. The zero-order valence-corrected chi connectivity index (χ0v) is 14.8. The first-order valence-corrected chi connectivity index (χ1v) is 7.92. The van der Waals surface area contributed by atoms with Gasteiger partial charge in [-0.15, -0.1) is 0 Å². The molecule has 0 fully saturated rings. The van der Waals surface area contributed by atoms with Crippen LogP contribution >= 0.6 is 0 Å². The summed E-state index contributed by atoms with van der Waals surface area (Å²) in [6, 6.07) is 9.69. The van der Waals surface area contributed by atoms with Gasteiger partial charge in [0, 0.05) is 12.2 Å². The number of aromatic nitrogens is 1. The molecule has 5 heteroatoms. The van der Waals surface area contributed by atoms with Gasteiger partial charge in [0.25, 0.3) is 0 Å². The number of nitrogens with zero attached hydrogens (tertiary/aromatic N) is 1. The molecule has 0 bridgehead atoms. The summed E-state index contributed by atoms with van der Waals surface area (Å²) >= 11 is 0. The minimum Gasteiger partial charge on any atom is -0.465 e. The Morgan fingerprint density at radius 3 is 2.42 bits per heavy atom. The maximum absolute atomic E-state index is 12.8. The molecule has 0 aliphatic carbocycles. The number of H-pyrrole nitrogens is 1. The average molecular weight is 328 g/mol. The third kappa shape index (κ3) is 3.57. The van der Waals surface area contributed by atoms with Crippen LogP contribution in [0.2, 0.25) is 0 Å². The predicted octanol–water partition coefficient (Wildman–Crippen LogP) is 3.12. The van der Waals surface area contributed by atoms with Gasteiger partial charge in [-0.25, -0.2) is 4.79 Å². The van der Waals surface area contributed by atoms with Gasteiger partial charge in [0.15, 0.2) is 5.78 Å². The van der Waals surface area contributed by atoms with Crippen LogP contribution in [0.25, 0.3) is 0 Å². The number of benzene rings is 1. The summed E-state index contributed by atoms with van der Waals surface area (Å²) in [4.78, 5) is 29.8. The molecule has 1 N–H and O–H groups in total. The molecule has 0 spiro atoms. The summed E-state index contributed by atoms with van der Waals surface area (Å²) in [7, 11) is 3.26. The Bertz CT molecular complexity index is 735. The SMILES string of the molecule is COC(=O)c1c(C)[nH]c(C(=O)C(C)N(C)Cc2ccccc2)c1C. The van der Waals surface area contributed by atoms with Gasteiger partial charge in [-0.05, 0) is 38.9 Å². The van der Waals surface area contributed by atoms with Gasteiger partial charge < -0.3 is 9.72 Å². The minimum absolute atomic E-state index is 0.0378. The number of hydrogen-bond donors (Lipinski definition) is 1. The Morgan fingerprint density at radius 1 is 1.21 bits per heavy atom. The number of methoxy groups -OCH3 is 1. The Labute approximate surface area is 142 Å². The van der Waals surface area contributed by atoms with E-state index >= 15 is 0 Å². The molecular formula is C19H24N2O3. The van der Waals surface area contributed by atoms with Crippen LogP contribution < -0.4 is 0 Å². The molecular weight excluding hydrogens is 304 g/mol. The van der Waals surface area contributed by atoms with E-state index in [2.05, 4.69) is 4.98 Å². The predicted molar refractivity (Wildman–Crippen MR) is 93.3 cm³/mol. The highest BCUT2D eigenvalue weighted by Crippen LogP contribution is 2.21. The lowest BCUT2D eigenvalue weighted by Gasteiger charge is -2.23. The summed E-state index contributed by atoms with van der Waals surface area (Å²) in [5.41, 5.74) is 3.36. The third-order valence-corrected chi connectivity index (χ3v) is 4.39. The van der Waals surface area contributed by atoms with E-state index in [1.165, 1.54) is 7.11 Å². The number of ether oxygens (including phenoxy) is 1. The highest BCUT2D eigenvalue weighted by atomic mass is 16.5. The maximum atomic E-state index is 12.8. The number of esters is 1. The van der Waals surface area contributed by atoms with Crippen molar-refractivity contribution in [2.75, 3.05) is 14.2 Å². The molecule has 1 aromatic carbocycles. The molecule has 1 unspecified atom stereocenters. The van der Waals surface area contributed by atoms with Gasteiger partial charge in [-0.3, -0.25) is 9.69 Å². The van der Waals surface area contributed by atoms with E-state index in [0.29, 0.717) is 29.1 Å². The van der Waals surface area contributed by atoms with E-state index in [-0.39, 0.29) is 11.8 Å². The van der Waals surface area contributed by atoms with Gasteiger partial charge in [0.2, 0.25) is 0 Å². The highest BCUT2D eigenvalue weighted by Gasteiger charge is 2.27. The van der Waals surface area contributed by atoms with Crippen LogP contribution in [-0.2, 0) is 11.3 Å². The van der Waals surface area contributed by atoms with Crippen LogP contribution in [0.1, 0.15) is 44.6 Å². The number of aryl methyl sites for hydroxylation is 1. The number of ketones is 1. The molecule has 2 rings (SSSR count). The Morgan fingerprint density at radius 2 is 1.83 bits per heavy atom. The van der Waals surface area contributed by atoms with Gasteiger partial charge in [-0.2, -0.15) is 0 Å². The first-order valence-electron chi connectivity index (χ1n) is 7.92. The van der Waals surface area contributed by atoms with Crippen LogP contribution in [0, 0.1) is 13.8 Å². The summed E-state index contributed by atoms with van der Waals surface area (Å²) in [5, 5.41) is 0. The second-order valence-corrected chi connectivity index (χ2v) is 6.06. The summed E-state index contributed by atoms with van der Waals surface area (Å²) < 4.78 is 4.80. The van der Waals surface area contributed by atoms with Crippen molar-refractivity contribution in [2.24, 2.45) is 0 Å². The zero-order valence-electron chi connectivity index (χ0n) is 14.8. The first kappa shape index (κ1) is 17.9. The zero-order chi connectivity index (χ0) is 17.9. The molecule has 24 heavy (non-hydrogen) atoms. The smallest absolute Gasteiger partial charge is 0.339 e. The number of carbonyl (C=O) groups excluding carboxylic acids is 2. The highest BCUT2D eigenvalue weighted by molar-refractivity contribution is 6.03. The molecule has 0 aliphatic rings. The molecule has 0 saturated carbocycles. The minimum atomic E-state index is -0.425. The standard InChI is InChI=1S/C19H24N2O3/c1-12-16(19(23)24-5)13(2)20-17(12)18(22)14(3)21(4)11-15-9-7-6-8-10-15/h6-10,14,20H,11H2,1-5H3. The van der Waals surface area contributed by atoms with E-state index in [1.807, 2.05) is 49.2 Å². The van der Waals surface area contributed by atoms with Crippen molar-refractivity contribution in [3.8, 4) is 0 Å². The van der Waals surface area contributed by atoms with Gasteiger partial charge in [0.05, 0.1) is 24.4 Å². The van der Waals surface area contributed by atoms with Gasteiger partial charge in [0.1, 0.15) is 0 Å². The molecule has 2 aromatic rings. The van der Waals surface area contributed by atoms with Crippen molar-refractivity contribution >= 4 is 11.8 Å². The first-order chi connectivity index (χ1) is 11.4. The number of carbonyl (C=O) groups is 2. The molecule has 1 atom stereocenters. The fourth-order valence-corrected chi connectivity index (χ4v) is 2.82. The Hall–Kier alpha value is -2.40. The van der Waals surface area contributed by atoms with Crippen LogP contribution in [0.15, 0.2) is 30.3 Å². The molecule has 0 amide bonds. The van der Waals surface area contributed by atoms with E-state index in [4.69, 9.17) is 4.74 Å². The second kappa shape index (κ2) is 7.45. The fraction of sp³-hybridized carbons (Fsp3) is 0.368. The average Bonchev–Trinajstić information content (AvgIpc) is 2.88. The van der Waals surface area contributed by atoms with Crippen molar-refractivity contribution in [2.45, 2.75) is 33.4 Å². The van der Waals surface area contributed by atoms with Crippen LogP contribution in [0.3, 0.4) is 0 Å². The summed E-state index contributed by atoms with van der Waals surface area (Å²) in [5.74, 6) is -0.463. The quantitative estimate of drug-likeness (QED) is 0.654. The Kier molecular flexibility index (Phi) is 5.57. The monoisotopic (exact) mass is 328 g/mol. The van der Waals surface area contributed by atoms with Crippen LogP contribution in [0.4, 0.5) is 0 Å². The lowest BCUT2D eigenvalue weighted by molar-refractivity contribution is 0.0599. The normalized spacial score (nSPS) is 12.2.